The highest BCUT2D eigenvalue weighted by atomic mass is 16.5. The van der Waals surface area contributed by atoms with E-state index in [1.165, 1.54) is 0 Å². The van der Waals surface area contributed by atoms with Crippen molar-refractivity contribution in [3.63, 3.8) is 0 Å². The summed E-state index contributed by atoms with van der Waals surface area (Å²) in [5, 5.41) is 0. The van der Waals surface area contributed by atoms with Gasteiger partial charge in [0, 0.05) is 26.2 Å². The van der Waals surface area contributed by atoms with Crippen LogP contribution in [0, 0.1) is 0 Å². The number of ether oxygens (including phenoxy) is 1. The first kappa shape index (κ1) is 15.6. The van der Waals surface area contributed by atoms with Crippen LogP contribution in [-0.4, -0.2) is 55.2 Å². The third kappa shape index (κ3) is 4.32. The van der Waals surface area contributed by atoms with Crippen molar-refractivity contribution in [2.75, 3.05) is 44.3 Å². The maximum Gasteiger partial charge on any atom is 0.191 e. The van der Waals surface area contributed by atoms with E-state index in [1.54, 1.807) is 0 Å². The molecule has 6 nitrogen and oxygen atoms in total. The molecular formula is C15H25N5O. The van der Waals surface area contributed by atoms with Gasteiger partial charge in [0.15, 0.2) is 5.96 Å². The van der Waals surface area contributed by atoms with Crippen LogP contribution < -0.4 is 10.6 Å². The van der Waals surface area contributed by atoms with Gasteiger partial charge in [-0.2, -0.15) is 0 Å². The van der Waals surface area contributed by atoms with Gasteiger partial charge in [-0.25, -0.2) is 9.98 Å². The molecule has 1 saturated heterocycles. The number of rotatable bonds is 5. The van der Waals surface area contributed by atoms with Gasteiger partial charge in [-0.15, -0.1) is 0 Å². The molecule has 0 amide bonds. The molecule has 6 heteroatoms. The van der Waals surface area contributed by atoms with Crippen molar-refractivity contribution in [1.29, 1.82) is 0 Å². The van der Waals surface area contributed by atoms with Gasteiger partial charge in [0.05, 0.1) is 25.5 Å². The minimum atomic E-state index is 0.514. The number of hydrogen-bond acceptors (Lipinski definition) is 4. The smallest absolute Gasteiger partial charge is 0.191 e. The third-order valence-electron chi connectivity index (χ3n) is 3.62. The molecule has 0 saturated carbocycles. The monoisotopic (exact) mass is 291 g/mol. The van der Waals surface area contributed by atoms with Crippen LogP contribution in [0.2, 0.25) is 0 Å². The summed E-state index contributed by atoms with van der Waals surface area (Å²) in [4.78, 5) is 13.4. The highest BCUT2D eigenvalue weighted by Crippen LogP contribution is 2.13. The molecule has 2 N–H and O–H groups in total. The Balaban J connectivity index is 2.02. The molecule has 0 aliphatic carbocycles. The van der Waals surface area contributed by atoms with Gasteiger partial charge in [0.1, 0.15) is 5.82 Å². The average molecular weight is 291 g/mol. The Kier molecular flexibility index (Phi) is 5.80. The Morgan fingerprint density at radius 1 is 1.33 bits per heavy atom. The Bertz CT molecular complexity index is 467. The predicted molar refractivity (Wildman–Crippen MR) is 85.5 cm³/mol. The van der Waals surface area contributed by atoms with E-state index >= 15 is 0 Å². The van der Waals surface area contributed by atoms with Gasteiger partial charge in [0.2, 0.25) is 0 Å². The van der Waals surface area contributed by atoms with Crippen molar-refractivity contribution in [2.24, 2.45) is 10.7 Å². The van der Waals surface area contributed by atoms with Crippen molar-refractivity contribution in [3.05, 3.63) is 23.9 Å². The molecule has 1 aromatic heterocycles. The number of morpholine rings is 1. The zero-order valence-electron chi connectivity index (χ0n) is 13.0. The summed E-state index contributed by atoms with van der Waals surface area (Å²) < 4.78 is 5.37. The lowest BCUT2D eigenvalue weighted by molar-refractivity contribution is 0.122. The summed E-state index contributed by atoms with van der Waals surface area (Å²) in [6.45, 7) is 9.70. The number of nitrogens with zero attached hydrogens (tertiary/aromatic N) is 4. The Labute approximate surface area is 126 Å². The standard InChI is InChI=1S/C15H25N5O/c1-3-19(4-2)15(16)17-12-13-6-5-7-14(18-13)20-8-10-21-11-9-20/h5-7H,3-4,8-12H2,1-2H3,(H2,16,17). The highest BCUT2D eigenvalue weighted by molar-refractivity contribution is 5.77. The van der Waals surface area contributed by atoms with E-state index in [0.717, 1.165) is 50.9 Å². The molecule has 0 radical (unpaired) electrons. The quantitative estimate of drug-likeness (QED) is 0.649. The lowest BCUT2D eigenvalue weighted by Gasteiger charge is -2.28. The van der Waals surface area contributed by atoms with Gasteiger partial charge in [-0.3, -0.25) is 0 Å². The van der Waals surface area contributed by atoms with Crippen molar-refractivity contribution in [3.8, 4) is 0 Å². The number of pyridine rings is 1. The van der Waals surface area contributed by atoms with Gasteiger partial charge in [0.25, 0.3) is 0 Å². The van der Waals surface area contributed by atoms with Gasteiger partial charge >= 0.3 is 0 Å². The Morgan fingerprint density at radius 3 is 2.71 bits per heavy atom. The molecule has 1 aliphatic heterocycles. The van der Waals surface area contributed by atoms with Crippen LogP contribution in [0.4, 0.5) is 5.82 Å². The van der Waals surface area contributed by atoms with E-state index in [4.69, 9.17) is 10.5 Å². The van der Waals surface area contributed by atoms with Crippen LogP contribution in [0.15, 0.2) is 23.2 Å². The largest absolute Gasteiger partial charge is 0.378 e. The van der Waals surface area contributed by atoms with Crippen LogP contribution in [0.1, 0.15) is 19.5 Å². The fourth-order valence-corrected chi connectivity index (χ4v) is 2.33. The van der Waals surface area contributed by atoms with Crippen molar-refractivity contribution in [2.45, 2.75) is 20.4 Å². The van der Waals surface area contributed by atoms with Crippen molar-refractivity contribution < 1.29 is 4.74 Å². The number of aromatic nitrogens is 1. The van der Waals surface area contributed by atoms with Crippen molar-refractivity contribution in [1.82, 2.24) is 9.88 Å². The lowest BCUT2D eigenvalue weighted by Crippen LogP contribution is -2.37. The van der Waals surface area contributed by atoms with Crippen LogP contribution in [0.5, 0.6) is 0 Å². The molecule has 0 aromatic carbocycles. The topological polar surface area (TPSA) is 67.0 Å². The Morgan fingerprint density at radius 2 is 2.05 bits per heavy atom. The van der Waals surface area contributed by atoms with E-state index in [2.05, 4.69) is 28.7 Å². The highest BCUT2D eigenvalue weighted by Gasteiger charge is 2.12. The van der Waals surface area contributed by atoms with Crippen molar-refractivity contribution >= 4 is 11.8 Å². The summed E-state index contributed by atoms with van der Waals surface area (Å²) in [5.74, 6) is 1.57. The molecule has 1 fully saturated rings. The molecule has 2 heterocycles. The second-order valence-corrected chi connectivity index (χ2v) is 4.93. The van der Waals surface area contributed by atoms with Crippen LogP contribution >= 0.6 is 0 Å². The average Bonchev–Trinajstić information content (AvgIpc) is 2.55. The molecule has 0 spiro atoms. The summed E-state index contributed by atoms with van der Waals surface area (Å²) in [7, 11) is 0. The van der Waals surface area contributed by atoms with E-state index in [0.29, 0.717) is 12.5 Å². The number of guanidine groups is 1. The molecule has 1 aromatic rings. The summed E-state index contributed by atoms with van der Waals surface area (Å²) >= 11 is 0. The Hall–Kier alpha value is -1.82. The third-order valence-corrected chi connectivity index (χ3v) is 3.62. The molecule has 21 heavy (non-hydrogen) atoms. The molecule has 116 valence electrons. The number of nitrogens with two attached hydrogens (primary N) is 1. The maximum atomic E-state index is 5.99. The van der Waals surface area contributed by atoms with E-state index < -0.39 is 0 Å². The fraction of sp³-hybridized carbons (Fsp3) is 0.600. The molecule has 2 rings (SSSR count). The van der Waals surface area contributed by atoms with Crippen LogP contribution in [0.3, 0.4) is 0 Å². The van der Waals surface area contributed by atoms with Gasteiger partial charge in [-0.05, 0) is 26.0 Å². The van der Waals surface area contributed by atoms with Crippen LogP contribution in [-0.2, 0) is 11.3 Å². The second kappa shape index (κ2) is 7.83. The van der Waals surface area contributed by atoms with Crippen LogP contribution in [0.25, 0.3) is 0 Å². The second-order valence-electron chi connectivity index (χ2n) is 4.93. The molecular weight excluding hydrogens is 266 g/mol. The maximum absolute atomic E-state index is 5.99. The minimum absolute atomic E-state index is 0.514. The zero-order chi connectivity index (χ0) is 15.1. The number of aliphatic imine (C=N–C) groups is 1. The zero-order valence-corrected chi connectivity index (χ0v) is 13.0. The number of anilines is 1. The van der Waals surface area contributed by atoms with Gasteiger partial charge < -0.3 is 20.3 Å². The molecule has 0 bridgehead atoms. The number of hydrogen-bond donors (Lipinski definition) is 1. The predicted octanol–water partition coefficient (Wildman–Crippen LogP) is 1.07. The first-order valence-corrected chi connectivity index (χ1v) is 7.58. The summed E-state index contributed by atoms with van der Waals surface area (Å²) in [6.07, 6.45) is 0. The minimum Gasteiger partial charge on any atom is -0.378 e. The molecule has 0 atom stereocenters. The SMILES string of the molecule is CCN(CC)C(N)=NCc1cccc(N2CCOCC2)n1. The summed E-state index contributed by atoms with van der Waals surface area (Å²) in [6, 6.07) is 6.05. The van der Waals surface area contributed by atoms with E-state index in [1.807, 2.05) is 23.1 Å². The normalized spacial score (nSPS) is 16.1. The first-order valence-electron chi connectivity index (χ1n) is 7.58. The van der Waals surface area contributed by atoms with E-state index in [9.17, 15) is 0 Å². The fourth-order valence-electron chi connectivity index (χ4n) is 2.33. The van der Waals surface area contributed by atoms with Gasteiger partial charge in [-0.1, -0.05) is 6.07 Å². The molecule has 0 unspecified atom stereocenters. The molecule has 1 aliphatic rings. The summed E-state index contributed by atoms with van der Waals surface area (Å²) in [5.41, 5.74) is 6.93. The van der Waals surface area contributed by atoms with E-state index in [-0.39, 0.29) is 0 Å². The lowest BCUT2D eigenvalue weighted by atomic mass is 10.3. The first-order chi connectivity index (χ1) is 10.2.